The second-order valence-electron chi connectivity index (χ2n) is 10.5. The van der Waals surface area contributed by atoms with Gasteiger partial charge in [-0.25, -0.2) is 4.79 Å². The second-order valence-corrected chi connectivity index (χ2v) is 11.6. The van der Waals surface area contributed by atoms with Gasteiger partial charge in [0, 0.05) is 81.2 Å². The molecule has 2 amide bonds. The SMILES string of the molecule is COCCNC(=O)NCCSc1cc2nc(c1)CN[C@@H]1CCCC[C@H]1NCCN[C@@H]1CCCC[C@H]1NC2. The Morgan fingerprint density at radius 2 is 1.38 bits per heavy atom. The Hall–Kier alpha value is -1.43. The van der Waals surface area contributed by atoms with Crippen LogP contribution in [0.15, 0.2) is 17.0 Å². The summed E-state index contributed by atoms with van der Waals surface area (Å²) < 4.78 is 4.97. The van der Waals surface area contributed by atoms with E-state index in [0.717, 1.165) is 43.3 Å². The van der Waals surface area contributed by atoms with Crippen LogP contribution in [-0.2, 0) is 17.8 Å². The molecule has 0 radical (unpaired) electrons. The summed E-state index contributed by atoms with van der Waals surface area (Å²) >= 11 is 1.77. The predicted molar refractivity (Wildman–Crippen MR) is 150 cm³/mol. The van der Waals surface area contributed by atoms with Crippen molar-refractivity contribution in [3.8, 4) is 0 Å². The van der Waals surface area contributed by atoms with E-state index in [1.54, 1.807) is 18.9 Å². The van der Waals surface area contributed by atoms with Crippen LogP contribution < -0.4 is 31.9 Å². The highest BCUT2D eigenvalue weighted by molar-refractivity contribution is 7.99. The van der Waals surface area contributed by atoms with E-state index in [0.29, 0.717) is 43.9 Å². The van der Waals surface area contributed by atoms with E-state index >= 15 is 0 Å². The number of rotatable bonds is 7. The lowest BCUT2D eigenvalue weighted by molar-refractivity contribution is 0.196. The van der Waals surface area contributed by atoms with Gasteiger partial charge < -0.3 is 36.6 Å². The number of carbonyl (C=O) groups is 1. The van der Waals surface area contributed by atoms with Crippen LogP contribution in [0.4, 0.5) is 4.79 Å². The summed E-state index contributed by atoms with van der Waals surface area (Å²) in [6.07, 6.45) is 10.1. The molecule has 0 aromatic carbocycles. The van der Waals surface area contributed by atoms with Gasteiger partial charge in [0.15, 0.2) is 0 Å². The molecule has 1 aromatic heterocycles. The molecule has 0 unspecified atom stereocenters. The number of amides is 2. The first-order valence-corrected chi connectivity index (χ1v) is 15.3. The zero-order valence-electron chi connectivity index (χ0n) is 22.4. The van der Waals surface area contributed by atoms with Crippen molar-refractivity contribution in [1.82, 2.24) is 36.9 Å². The lowest BCUT2D eigenvalue weighted by Gasteiger charge is -2.34. The fourth-order valence-electron chi connectivity index (χ4n) is 5.77. The number of urea groups is 1. The molecular weight excluding hydrogens is 486 g/mol. The fraction of sp³-hybridized carbons (Fsp3) is 0.778. The third-order valence-corrected chi connectivity index (χ3v) is 8.69. The summed E-state index contributed by atoms with van der Waals surface area (Å²) in [7, 11) is 1.63. The summed E-state index contributed by atoms with van der Waals surface area (Å²) in [5, 5.41) is 21.1. The number of nitrogens with one attached hydrogen (secondary N) is 6. The number of methoxy groups -OCH3 is 1. The lowest BCUT2D eigenvalue weighted by Crippen LogP contribution is -2.53. The third kappa shape index (κ3) is 9.67. The van der Waals surface area contributed by atoms with Gasteiger partial charge in [-0.15, -0.1) is 11.8 Å². The van der Waals surface area contributed by atoms with Crippen molar-refractivity contribution >= 4 is 17.8 Å². The van der Waals surface area contributed by atoms with Crippen molar-refractivity contribution in [2.24, 2.45) is 0 Å². The first-order valence-electron chi connectivity index (χ1n) is 14.3. The molecule has 2 heterocycles. The molecule has 6 N–H and O–H groups in total. The van der Waals surface area contributed by atoms with Crippen LogP contribution in [-0.4, -0.2) is 80.8 Å². The van der Waals surface area contributed by atoms with Crippen LogP contribution >= 0.6 is 11.8 Å². The van der Waals surface area contributed by atoms with Gasteiger partial charge in [0.1, 0.15) is 0 Å². The number of pyridine rings is 1. The van der Waals surface area contributed by atoms with Gasteiger partial charge in [-0.1, -0.05) is 25.7 Å². The molecule has 10 heteroatoms. The summed E-state index contributed by atoms with van der Waals surface area (Å²) in [5.41, 5.74) is 2.20. The van der Waals surface area contributed by atoms with Crippen molar-refractivity contribution < 1.29 is 9.53 Å². The van der Waals surface area contributed by atoms with E-state index in [9.17, 15) is 4.79 Å². The van der Waals surface area contributed by atoms with E-state index in [2.05, 4.69) is 44.0 Å². The summed E-state index contributed by atoms with van der Waals surface area (Å²) in [6, 6.07) is 6.31. The molecular formula is C27H47N7O2S. The van der Waals surface area contributed by atoms with Gasteiger partial charge in [-0.2, -0.15) is 0 Å². The van der Waals surface area contributed by atoms with Crippen molar-refractivity contribution in [3.63, 3.8) is 0 Å². The number of fused-ring (bicyclic) bond motifs is 4. The van der Waals surface area contributed by atoms with Crippen LogP contribution in [0.25, 0.3) is 0 Å². The maximum absolute atomic E-state index is 11.9. The summed E-state index contributed by atoms with van der Waals surface area (Å²) in [6.45, 7) is 5.26. The van der Waals surface area contributed by atoms with Crippen molar-refractivity contribution in [2.75, 3.05) is 45.6 Å². The van der Waals surface area contributed by atoms with Gasteiger partial charge in [0.05, 0.1) is 18.0 Å². The van der Waals surface area contributed by atoms with Gasteiger partial charge in [0.25, 0.3) is 0 Å². The zero-order chi connectivity index (χ0) is 25.7. The number of nitrogens with zero attached hydrogens (tertiary/aromatic N) is 1. The highest BCUT2D eigenvalue weighted by Crippen LogP contribution is 2.23. The number of carbonyl (C=O) groups excluding carboxylic acids is 1. The van der Waals surface area contributed by atoms with Crippen molar-refractivity contribution in [1.29, 1.82) is 0 Å². The minimum atomic E-state index is -0.147. The molecule has 208 valence electrons. The Kier molecular flexibility index (Phi) is 12.2. The van der Waals surface area contributed by atoms with E-state index in [-0.39, 0.29) is 6.03 Å². The average Bonchev–Trinajstić information content (AvgIpc) is 2.92. The molecule has 4 rings (SSSR count). The minimum Gasteiger partial charge on any atom is -0.383 e. The van der Waals surface area contributed by atoms with Gasteiger partial charge in [0.2, 0.25) is 0 Å². The first-order chi connectivity index (χ1) is 18.2. The van der Waals surface area contributed by atoms with E-state index in [4.69, 9.17) is 9.72 Å². The van der Waals surface area contributed by atoms with Crippen LogP contribution in [0.3, 0.4) is 0 Å². The number of ether oxygens (including phenoxy) is 1. The standard InChI is InChI=1S/C27H47N7O2S/c1-36-14-12-30-27(35)31-13-15-37-22-16-20-18-32-25-8-4-2-6-23(25)28-10-11-29-24-7-3-5-9-26(24)33-19-21(17-22)34-20/h16-17,23-26,28-29,32-33H,2-15,18-19H2,1H3,(H2,30,31,35)/t23-,24-,25-,26-/m1/s1. The maximum atomic E-state index is 11.9. The van der Waals surface area contributed by atoms with Crippen LogP contribution in [0, 0.1) is 0 Å². The monoisotopic (exact) mass is 533 g/mol. The molecule has 1 aromatic rings. The Morgan fingerprint density at radius 1 is 0.865 bits per heavy atom. The van der Waals surface area contributed by atoms with Crippen LogP contribution in [0.2, 0.25) is 0 Å². The molecule has 0 spiro atoms. The molecule has 9 nitrogen and oxygen atoms in total. The van der Waals surface area contributed by atoms with Crippen molar-refractivity contribution in [2.45, 2.75) is 93.5 Å². The molecule has 2 saturated carbocycles. The average molecular weight is 534 g/mol. The number of hydrogen-bond donors (Lipinski definition) is 6. The number of hydrogen-bond acceptors (Lipinski definition) is 8. The normalized spacial score (nSPS) is 27.2. The Balaban J connectivity index is 1.40. The highest BCUT2D eigenvalue weighted by atomic mass is 32.2. The predicted octanol–water partition coefficient (Wildman–Crippen LogP) is 2.11. The molecule has 2 aliphatic carbocycles. The van der Waals surface area contributed by atoms with Gasteiger partial charge in [-0.05, 0) is 37.8 Å². The third-order valence-electron chi connectivity index (χ3n) is 7.71. The topological polar surface area (TPSA) is 111 Å². The molecule has 1 aliphatic heterocycles. The number of thioether (sulfide) groups is 1. The Bertz CT molecular complexity index is 782. The van der Waals surface area contributed by atoms with Crippen LogP contribution in [0.5, 0.6) is 0 Å². The molecule has 2 fully saturated rings. The van der Waals surface area contributed by atoms with Crippen molar-refractivity contribution in [3.05, 3.63) is 23.5 Å². The zero-order valence-corrected chi connectivity index (χ0v) is 23.3. The van der Waals surface area contributed by atoms with E-state index in [1.165, 1.54) is 56.3 Å². The van der Waals surface area contributed by atoms with Gasteiger partial charge in [-0.3, -0.25) is 4.98 Å². The minimum absolute atomic E-state index is 0.147. The quantitative estimate of drug-likeness (QED) is 0.234. The smallest absolute Gasteiger partial charge is 0.314 e. The van der Waals surface area contributed by atoms with Gasteiger partial charge >= 0.3 is 6.03 Å². The summed E-state index contributed by atoms with van der Waals surface area (Å²) in [4.78, 5) is 18.2. The largest absolute Gasteiger partial charge is 0.383 e. The van der Waals surface area contributed by atoms with Crippen LogP contribution in [0.1, 0.15) is 62.8 Å². The fourth-order valence-corrected chi connectivity index (χ4v) is 6.65. The highest BCUT2D eigenvalue weighted by Gasteiger charge is 2.27. The lowest BCUT2D eigenvalue weighted by atomic mass is 9.89. The Morgan fingerprint density at radius 3 is 1.92 bits per heavy atom. The van der Waals surface area contributed by atoms with E-state index < -0.39 is 0 Å². The first kappa shape index (κ1) is 28.6. The molecule has 0 saturated heterocycles. The molecule has 3 aliphatic rings. The summed E-state index contributed by atoms with van der Waals surface area (Å²) in [5.74, 6) is 0.810. The second kappa shape index (κ2) is 15.9. The van der Waals surface area contributed by atoms with E-state index in [1.807, 2.05) is 0 Å². The molecule has 4 atom stereocenters. The molecule has 37 heavy (non-hydrogen) atoms. The number of aromatic nitrogens is 1. The Labute approximate surface area is 226 Å². The molecule has 2 bridgehead atoms. The maximum Gasteiger partial charge on any atom is 0.314 e.